The Morgan fingerprint density at radius 1 is 0.918 bits per heavy atom. The van der Waals surface area contributed by atoms with E-state index in [4.69, 9.17) is 33.2 Å². The maximum atomic E-state index is 14.1. The number of likely N-dealkylation sites (N-methyl/N-ethyl adjacent to an activating group) is 1. The molecule has 12 nitrogen and oxygen atoms in total. The van der Waals surface area contributed by atoms with Crippen molar-refractivity contribution in [2.75, 3.05) is 21.2 Å². The van der Waals surface area contributed by atoms with Gasteiger partial charge < -0.3 is 53.4 Å². The predicted molar refractivity (Wildman–Crippen MR) is 183 cm³/mol. The number of rotatable bonds is 7. The lowest BCUT2D eigenvalue weighted by Gasteiger charge is -2.48. The number of ether oxygens (including phenoxy) is 7. The Labute approximate surface area is 294 Å². The zero-order valence-corrected chi connectivity index (χ0v) is 32.3. The number of hydrogen-bond donors (Lipinski definition) is 3. The summed E-state index contributed by atoms with van der Waals surface area (Å²) in [6, 6.07) is -0.198. The largest absolute Gasteiger partial charge is 0.459 e. The van der Waals surface area contributed by atoms with Crippen LogP contribution in [0, 0.1) is 23.7 Å². The molecule has 49 heavy (non-hydrogen) atoms. The number of methoxy groups -OCH3 is 1. The first kappa shape index (κ1) is 40.8. The van der Waals surface area contributed by atoms with Gasteiger partial charge in [0.05, 0.1) is 53.7 Å². The molecule has 0 spiro atoms. The van der Waals surface area contributed by atoms with Crippen LogP contribution >= 0.6 is 0 Å². The lowest BCUT2D eigenvalue weighted by molar-refractivity contribution is -0.311. The van der Waals surface area contributed by atoms with Crippen molar-refractivity contribution >= 4 is 5.97 Å². The second-order valence-electron chi connectivity index (χ2n) is 16.8. The highest BCUT2D eigenvalue weighted by molar-refractivity contribution is 5.73. The second kappa shape index (κ2) is 15.6. The molecule has 3 N–H and O–H groups in total. The number of esters is 1. The van der Waals surface area contributed by atoms with Crippen LogP contribution in [0.2, 0.25) is 0 Å². The molecule has 0 aliphatic carbocycles. The van der Waals surface area contributed by atoms with Crippen molar-refractivity contribution in [2.24, 2.45) is 23.7 Å². The summed E-state index contributed by atoms with van der Waals surface area (Å²) in [6.45, 7) is 19.0. The fourth-order valence-electron chi connectivity index (χ4n) is 9.25. The number of aliphatic hydroxyl groups excluding tert-OH is 2. The highest BCUT2D eigenvalue weighted by Gasteiger charge is 2.57. The maximum Gasteiger partial charge on any atom is 0.311 e. The third-order valence-corrected chi connectivity index (χ3v) is 12.1. The van der Waals surface area contributed by atoms with Crippen molar-refractivity contribution in [1.29, 1.82) is 0 Å². The van der Waals surface area contributed by atoms with Crippen LogP contribution in [0.15, 0.2) is 0 Å². The first-order valence-electron chi connectivity index (χ1n) is 18.5. The number of nitrogens with zero attached hydrogens (tertiary/aromatic N) is 1. The van der Waals surface area contributed by atoms with Gasteiger partial charge in [0, 0.05) is 37.8 Å². The fourth-order valence-corrected chi connectivity index (χ4v) is 9.25. The monoisotopic (exact) mass is 701 g/mol. The summed E-state index contributed by atoms with van der Waals surface area (Å²) < 4.78 is 45.3. The summed E-state index contributed by atoms with van der Waals surface area (Å²) in [5.74, 6) is -2.47. The van der Waals surface area contributed by atoms with Crippen molar-refractivity contribution in [2.45, 2.75) is 186 Å². The molecule has 0 unspecified atom stereocenters. The molecule has 0 amide bonds. The zero-order chi connectivity index (χ0) is 36.8. The molecule has 286 valence electrons. The van der Waals surface area contributed by atoms with Gasteiger partial charge in [-0.2, -0.15) is 0 Å². The van der Waals surface area contributed by atoms with E-state index in [0.29, 0.717) is 32.1 Å². The molecule has 4 aliphatic heterocycles. The van der Waals surface area contributed by atoms with Gasteiger partial charge >= 0.3 is 5.97 Å². The Kier molecular flexibility index (Phi) is 13.0. The Morgan fingerprint density at radius 3 is 2.16 bits per heavy atom. The smallest absolute Gasteiger partial charge is 0.311 e. The summed E-state index contributed by atoms with van der Waals surface area (Å²) in [7, 11) is 5.54. The molecule has 0 aromatic rings. The number of hydrogen-bond acceptors (Lipinski definition) is 12. The van der Waals surface area contributed by atoms with Gasteiger partial charge in [-0.05, 0) is 80.8 Å². The Hall–Kier alpha value is -0.930. The van der Waals surface area contributed by atoms with Gasteiger partial charge in [-0.3, -0.25) is 4.79 Å². The van der Waals surface area contributed by atoms with E-state index in [0.717, 1.165) is 0 Å². The van der Waals surface area contributed by atoms with Crippen LogP contribution < -0.4 is 0 Å². The Balaban J connectivity index is 1.83. The van der Waals surface area contributed by atoms with Gasteiger partial charge in [0.25, 0.3) is 0 Å². The van der Waals surface area contributed by atoms with Crippen molar-refractivity contribution < 1.29 is 53.3 Å². The van der Waals surface area contributed by atoms with E-state index >= 15 is 0 Å². The molecule has 12 heteroatoms. The highest BCUT2D eigenvalue weighted by atomic mass is 16.7. The standard InChI is InChI=1S/C37H67NO11/c1-14-26-37(10,42)31(40)22(5)29-19(2)16-36(9,49-29)32(48-34-28(39)25(38(11)12)15-20(3)45-34)23(6)30(24(7)33(41)46-26)47-27-18-35(8,43-13)17-21(4)44-27/h19-32,34,39-40,42H,14-18H2,1-13H3/t19-,20-,21+,22-,23+,24-,25+,26+,27+,28-,29+,30+,31-,32-,34+,35+,36+,37-/m1/s1. The summed E-state index contributed by atoms with van der Waals surface area (Å²) in [5, 5.41) is 35.0. The van der Waals surface area contributed by atoms with Crippen LogP contribution in [-0.2, 0) is 38.0 Å². The molecule has 4 fully saturated rings. The van der Waals surface area contributed by atoms with Crippen molar-refractivity contribution in [3.05, 3.63) is 0 Å². The van der Waals surface area contributed by atoms with E-state index in [1.807, 2.05) is 67.5 Å². The third-order valence-electron chi connectivity index (χ3n) is 12.1. The summed E-state index contributed by atoms with van der Waals surface area (Å²) in [5.41, 5.74) is -3.20. The van der Waals surface area contributed by atoms with Crippen LogP contribution in [0.5, 0.6) is 0 Å². The minimum atomic E-state index is -1.75. The van der Waals surface area contributed by atoms with E-state index in [1.54, 1.807) is 14.0 Å². The molecule has 0 saturated carbocycles. The zero-order valence-electron chi connectivity index (χ0n) is 32.3. The van der Waals surface area contributed by atoms with Crippen molar-refractivity contribution in [1.82, 2.24) is 4.90 Å². The molecule has 4 heterocycles. The molecule has 0 aromatic heterocycles. The van der Waals surface area contributed by atoms with Crippen molar-refractivity contribution in [3.8, 4) is 0 Å². The maximum absolute atomic E-state index is 14.1. The predicted octanol–water partition coefficient (Wildman–Crippen LogP) is 3.65. The highest BCUT2D eigenvalue weighted by Crippen LogP contribution is 2.48. The molecule has 2 bridgehead atoms. The van der Waals surface area contributed by atoms with Crippen LogP contribution in [0.25, 0.3) is 0 Å². The summed E-state index contributed by atoms with van der Waals surface area (Å²) in [4.78, 5) is 16.1. The number of cyclic esters (lactones) is 1. The minimum Gasteiger partial charge on any atom is -0.459 e. The number of carbonyl (C=O) groups excluding carboxylic acids is 1. The quantitative estimate of drug-likeness (QED) is 0.333. The van der Waals surface area contributed by atoms with Crippen LogP contribution in [0.4, 0.5) is 0 Å². The first-order valence-corrected chi connectivity index (χ1v) is 18.5. The average Bonchev–Trinajstić information content (AvgIpc) is 3.34. The van der Waals surface area contributed by atoms with Gasteiger partial charge in [-0.25, -0.2) is 0 Å². The summed E-state index contributed by atoms with van der Waals surface area (Å²) >= 11 is 0. The molecule has 18 atom stereocenters. The number of carbonyl (C=O) groups is 1. The van der Waals surface area contributed by atoms with Crippen molar-refractivity contribution in [3.63, 3.8) is 0 Å². The third kappa shape index (κ3) is 8.50. The molecule has 4 saturated heterocycles. The molecule has 0 radical (unpaired) electrons. The van der Waals surface area contributed by atoms with Gasteiger partial charge in [0.2, 0.25) is 0 Å². The number of fused-ring (bicyclic) bond motifs is 2. The number of aliphatic hydroxyl groups is 3. The molecular weight excluding hydrogens is 634 g/mol. The minimum absolute atomic E-state index is 0.0262. The van der Waals surface area contributed by atoms with Gasteiger partial charge in [0.1, 0.15) is 17.8 Å². The molecule has 4 rings (SSSR count). The SMILES string of the molecule is CC[C@@H]1OC(=O)[C@H](C)[C@@H](O[C@H]2C[C@@](C)(OC)C[C@H](C)O2)[C@H](C)[C@@H](O[C@@H]2O[C@H](C)C[C@H](N(C)C)[C@H]2O)[C@]2(C)C[C@@H](C)[C@H](O2)[C@@H](C)[C@@H](O)[C@]1(C)O. The van der Waals surface area contributed by atoms with Gasteiger partial charge in [0.15, 0.2) is 12.6 Å². The topological polar surface area (TPSA) is 146 Å². The summed E-state index contributed by atoms with van der Waals surface area (Å²) in [6.07, 6.45) is -4.58. The van der Waals surface area contributed by atoms with Gasteiger partial charge in [-0.15, -0.1) is 0 Å². The van der Waals surface area contributed by atoms with Crippen LogP contribution in [-0.4, -0.2) is 132 Å². The van der Waals surface area contributed by atoms with E-state index in [2.05, 4.69) is 6.92 Å². The fraction of sp³-hybridized carbons (Fsp3) is 0.973. The first-order chi connectivity index (χ1) is 22.7. The Morgan fingerprint density at radius 2 is 1.57 bits per heavy atom. The lowest BCUT2D eigenvalue weighted by Crippen LogP contribution is -2.59. The van der Waals surface area contributed by atoms with E-state index < -0.39 is 89.7 Å². The van der Waals surface area contributed by atoms with Crippen LogP contribution in [0.1, 0.15) is 101 Å². The Bertz CT molecular complexity index is 1110. The molecule has 4 aliphatic rings. The normalized spacial score (nSPS) is 51.9. The lowest BCUT2D eigenvalue weighted by atomic mass is 9.76. The second-order valence-corrected chi connectivity index (χ2v) is 16.8. The van der Waals surface area contributed by atoms with E-state index in [1.165, 1.54) is 6.92 Å². The molecular formula is C37H67NO11. The average molecular weight is 702 g/mol. The van der Waals surface area contributed by atoms with Gasteiger partial charge in [-0.1, -0.05) is 27.7 Å². The molecule has 0 aromatic carbocycles. The van der Waals surface area contributed by atoms with Crippen LogP contribution in [0.3, 0.4) is 0 Å². The van der Waals surface area contributed by atoms with E-state index in [9.17, 15) is 20.1 Å². The van der Waals surface area contributed by atoms with E-state index in [-0.39, 0.29) is 24.2 Å².